The molecule has 1 fully saturated rings. The van der Waals surface area contributed by atoms with E-state index >= 15 is 0 Å². The Balaban J connectivity index is 1.66. The molecule has 1 saturated heterocycles. The third-order valence-corrected chi connectivity index (χ3v) is 6.14. The molecule has 1 atom stereocenters. The summed E-state index contributed by atoms with van der Waals surface area (Å²) in [7, 11) is 0. The fraction of sp³-hybridized carbons (Fsp3) is 0.409. The molecule has 0 bridgehead atoms. The van der Waals surface area contributed by atoms with Crippen molar-refractivity contribution in [2.45, 2.75) is 45.9 Å². The van der Waals surface area contributed by atoms with Crippen LogP contribution in [-0.4, -0.2) is 24.2 Å². The number of hydrogen-bond donors (Lipinski definition) is 0. The van der Waals surface area contributed by atoms with Crippen LogP contribution in [0.3, 0.4) is 0 Å². The fourth-order valence-corrected chi connectivity index (χ4v) is 4.49. The molecule has 0 saturated carbocycles. The summed E-state index contributed by atoms with van der Waals surface area (Å²) in [5.41, 5.74) is 3.76. The van der Waals surface area contributed by atoms with Crippen molar-refractivity contribution in [1.82, 2.24) is 4.90 Å². The Kier molecular flexibility index (Phi) is 5.43. The van der Waals surface area contributed by atoms with Gasteiger partial charge < -0.3 is 9.15 Å². The standard InChI is InChI=1S/C22H25NO3S/c1-15-9-20-17(11-22(24)26-21(20)10-16(15)2)12-23(13-18-5-3-7-25-18)14-19-6-4-8-27-19/h4,6,8-11,18H,3,5,7,12-14H2,1-2H3. The van der Waals surface area contributed by atoms with E-state index in [1.165, 1.54) is 10.4 Å². The third-order valence-electron chi connectivity index (χ3n) is 5.28. The van der Waals surface area contributed by atoms with E-state index in [0.717, 1.165) is 49.1 Å². The first-order chi connectivity index (χ1) is 13.1. The highest BCUT2D eigenvalue weighted by atomic mass is 32.1. The maximum Gasteiger partial charge on any atom is 0.336 e. The molecule has 1 aromatic carbocycles. The number of fused-ring (bicyclic) bond motifs is 1. The topological polar surface area (TPSA) is 42.7 Å². The van der Waals surface area contributed by atoms with Gasteiger partial charge in [-0.2, -0.15) is 0 Å². The highest BCUT2D eigenvalue weighted by Gasteiger charge is 2.21. The van der Waals surface area contributed by atoms with Crippen LogP contribution in [0, 0.1) is 13.8 Å². The number of ether oxygens (including phenoxy) is 1. The van der Waals surface area contributed by atoms with Gasteiger partial charge in [-0.3, -0.25) is 4.90 Å². The summed E-state index contributed by atoms with van der Waals surface area (Å²) in [5, 5.41) is 3.14. The lowest BCUT2D eigenvalue weighted by molar-refractivity contribution is 0.0683. The Morgan fingerprint density at radius 3 is 2.78 bits per heavy atom. The van der Waals surface area contributed by atoms with Crippen LogP contribution in [0.1, 0.15) is 34.4 Å². The molecule has 0 aliphatic carbocycles. The molecule has 3 aromatic rings. The maximum atomic E-state index is 12.1. The first-order valence-corrected chi connectivity index (χ1v) is 10.4. The number of nitrogens with zero attached hydrogens (tertiary/aromatic N) is 1. The maximum absolute atomic E-state index is 12.1. The average Bonchev–Trinajstić information content (AvgIpc) is 3.30. The second-order valence-corrected chi connectivity index (χ2v) is 8.44. The van der Waals surface area contributed by atoms with Crippen LogP contribution in [-0.2, 0) is 17.8 Å². The number of benzene rings is 1. The van der Waals surface area contributed by atoms with Crippen molar-refractivity contribution in [3.8, 4) is 0 Å². The second kappa shape index (κ2) is 7.97. The summed E-state index contributed by atoms with van der Waals surface area (Å²) in [6.45, 7) is 7.45. The molecule has 142 valence electrons. The van der Waals surface area contributed by atoms with Crippen molar-refractivity contribution in [1.29, 1.82) is 0 Å². The summed E-state index contributed by atoms with van der Waals surface area (Å²) in [6, 6.07) is 10.0. The van der Waals surface area contributed by atoms with Crippen LogP contribution in [0.25, 0.3) is 11.0 Å². The molecule has 1 unspecified atom stereocenters. The van der Waals surface area contributed by atoms with Crippen molar-refractivity contribution in [2.24, 2.45) is 0 Å². The molecular weight excluding hydrogens is 358 g/mol. The van der Waals surface area contributed by atoms with E-state index in [-0.39, 0.29) is 11.7 Å². The minimum Gasteiger partial charge on any atom is -0.423 e. The van der Waals surface area contributed by atoms with Gasteiger partial charge in [0.2, 0.25) is 0 Å². The van der Waals surface area contributed by atoms with Gasteiger partial charge in [0.1, 0.15) is 5.58 Å². The summed E-state index contributed by atoms with van der Waals surface area (Å²) < 4.78 is 11.3. The largest absolute Gasteiger partial charge is 0.423 e. The average molecular weight is 384 g/mol. The highest BCUT2D eigenvalue weighted by molar-refractivity contribution is 7.09. The van der Waals surface area contributed by atoms with E-state index in [4.69, 9.17) is 9.15 Å². The normalized spacial score (nSPS) is 17.2. The van der Waals surface area contributed by atoms with Gasteiger partial charge in [0.05, 0.1) is 6.10 Å². The number of hydrogen-bond acceptors (Lipinski definition) is 5. The quantitative estimate of drug-likeness (QED) is 0.581. The summed E-state index contributed by atoms with van der Waals surface area (Å²) in [5.74, 6) is 0. The zero-order valence-corrected chi connectivity index (χ0v) is 16.7. The fourth-order valence-electron chi connectivity index (χ4n) is 3.74. The van der Waals surface area contributed by atoms with Gasteiger partial charge >= 0.3 is 5.63 Å². The lowest BCUT2D eigenvalue weighted by Crippen LogP contribution is -2.31. The summed E-state index contributed by atoms with van der Waals surface area (Å²) in [6.07, 6.45) is 2.52. The van der Waals surface area contributed by atoms with Gasteiger partial charge in [-0.15, -0.1) is 11.3 Å². The summed E-state index contributed by atoms with van der Waals surface area (Å²) >= 11 is 1.77. The van der Waals surface area contributed by atoms with Crippen molar-refractivity contribution in [2.75, 3.05) is 13.2 Å². The molecule has 1 aliphatic heterocycles. The molecule has 1 aliphatic rings. The molecule has 2 aromatic heterocycles. The number of rotatable bonds is 6. The number of thiophene rings is 1. The molecule has 5 heteroatoms. The SMILES string of the molecule is Cc1cc2oc(=O)cc(CN(Cc3cccs3)CC3CCCO3)c2cc1C. The lowest BCUT2D eigenvalue weighted by atomic mass is 10.0. The van der Waals surface area contributed by atoms with E-state index in [9.17, 15) is 4.79 Å². The minimum absolute atomic E-state index is 0.278. The molecule has 0 radical (unpaired) electrons. The predicted octanol–water partition coefficient (Wildman–Crippen LogP) is 4.65. The Labute approximate surface area is 163 Å². The van der Waals surface area contributed by atoms with E-state index in [2.05, 4.69) is 35.4 Å². The molecule has 4 nitrogen and oxygen atoms in total. The molecule has 3 heterocycles. The first kappa shape index (κ1) is 18.4. The summed E-state index contributed by atoms with van der Waals surface area (Å²) in [4.78, 5) is 15.9. The molecule has 0 N–H and O–H groups in total. The zero-order valence-electron chi connectivity index (χ0n) is 15.9. The molecular formula is C22H25NO3S. The Hall–Kier alpha value is -1.95. The van der Waals surface area contributed by atoms with Crippen LogP contribution >= 0.6 is 11.3 Å². The van der Waals surface area contributed by atoms with Crippen LogP contribution in [0.4, 0.5) is 0 Å². The Bertz CT molecular complexity index is 971. The van der Waals surface area contributed by atoms with Crippen molar-refractivity contribution in [3.63, 3.8) is 0 Å². The van der Waals surface area contributed by atoms with E-state index in [0.29, 0.717) is 12.1 Å². The highest BCUT2D eigenvalue weighted by Crippen LogP contribution is 2.25. The van der Waals surface area contributed by atoms with Gasteiger partial charge in [-0.1, -0.05) is 6.07 Å². The first-order valence-electron chi connectivity index (χ1n) is 9.49. The van der Waals surface area contributed by atoms with Gasteiger partial charge in [0, 0.05) is 42.6 Å². The van der Waals surface area contributed by atoms with Crippen LogP contribution < -0.4 is 5.63 Å². The van der Waals surface area contributed by atoms with Crippen LogP contribution in [0.2, 0.25) is 0 Å². The predicted molar refractivity (Wildman–Crippen MR) is 109 cm³/mol. The van der Waals surface area contributed by atoms with Crippen LogP contribution in [0.15, 0.2) is 44.9 Å². The second-order valence-electron chi connectivity index (χ2n) is 7.41. The molecule has 27 heavy (non-hydrogen) atoms. The Morgan fingerprint density at radius 1 is 1.19 bits per heavy atom. The van der Waals surface area contributed by atoms with E-state index in [1.54, 1.807) is 17.4 Å². The molecule has 0 amide bonds. The monoisotopic (exact) mass is 383 g/mol. The smallest absolute Gasteiger partial charge is 0.336 e. The lowest BCUT2D eigenvalue weighted by Gasteiger charge is -2.25. The third kappa shape index (κ3) is 4.32. The minimum atomic E-state index is -0.283. The van der Waals surface area contributed by atoms with Crippen molar-refractivity contribution in [3.05, 3.63) is 67.7 Å². The van der Waals surface area contributed by atoms with E-state index < -0.39 is 0 Å². The Morgan fingerprint density at radius 2 is 2.04 bits per heavy atom. The molecule has 4 rings (SSSR count). The van der Waals surface area contributed by atoms with Crippen molar-refractivity contribution < 1.29 is 9.15 Å². The van der Waals surface area contributed by atoms with Crippen LogP contribution in [0.5, 0.6) is 0 Å². The van der Waals surface area contributed by atoms with Gasteiger partial charge in [-0.05, 0) is 67.0 Å². The van der Waals surface area contributed by atoms with Crippen molar-refractivity contribution >= 4 is 22.3 Å². The van der Waals surface area contributed by atoms with Gasteiger partial charge in [0.15, 0.2) is 0 Å². The number of aryl methyl sites for hydroxylation is 2. The van der Waals surface area contributed by atoms with Gasteiger partial charge in [-0.25, -0.2) is 4.79 Å². The molecule has 0 spiro atoms. The van der Waals surface area contributed by atoms with Gasteiger partial charge in [0.25, 0.3) is 0 Å². The zero-order chi connectivity index (χ0) is 18.8. The van der Waals surface area contributed by atoms with E-state index in [1.807, 2.05) is 13.0 Å².